The molecule has 0 saturated carbocycles. The highest BCUT2D eigenvalue weighted by Crippen LogP contribution is 2.45. The average molecular weight is 1210 g/mol. The molecule has 3 aromatic carbocycles. The molecule has 5 aliphatic rings. The fraction of sp³-hybridized carbons (Fsp3) is 0.547. The summed E-state index contributed by atoms with van der Waals surface area (Å²) in [6, 6.07) is 8.91. The smallest absolute Gasteiger partial charge is 0.330 e. The van der Waals surface area contributed by atoms with Crippen LogP contribution in [0.2, 0.25) is 0 Å². The van der Waals surface area contributed by atoms with Gasteiger partial charge >= 0.3 is 5.97 Å². The van der Waals surface area contributed by atoms with Crippen molar-refractivity contribution in [1.29, 1.82) is 0 Å². The fourth-order valence-electron chi connectivity index (χ4n) is 9.93. The molecule has 1 aromatic heterocycles. The van der Waals surface area contributed by atoms with Gasteiger partial charge in [-0.1, -0.05) is 12.1 Å². The van der Waals surface area contributed by atoms with Crippen molar-refractivity contribution in [1.82, 2.24) is 0 Å². The number of carbonyl (C=O) groups is 1. The van der Waals surface area contributed by atoms with Crippen molar-refractivity contribution in [2.24, 2.45) is 0 Å². The van der Waals surface area contributed by atoms with E-state index < -0.39 is 235 Å². The van der Waals surface area contributed by atoms with Crippen molar-refractivity contribution in [3.8, 4) is 51.6 Å². The minimum Gasteiger partial charge on any atom is -0.508 e. The summed E-state index contributed by atoms with van der Waals surface area (Å²) in [5, 5.41) is 194. The fourth-order valence-corrected chi connectivity index (χ4v) is 9.93. The molecule has 0 amide bonds. The second-order valence-corrected chi connectivity index (χ2v) is 20.7. The molecule has 5 aliphatic heterocycles. The van der Waals surface area contributed by atoms with Crippen LogP contribution in [0.25, 0.3) is 28.4 Å². The quantitative estimate of drug-likeness (QED) is 0.0368. The maximum absolute atomic E-state index is 14.7. The van der Waals surface area contributed by atoms with Crippen LogP contribution in [0.15, 0.2) is 63.8 Å². The monoisotopic (exact) mass is 1210 g/mol. The van der Waals surface area contributed by atoms with Crippen molar-refractivity contribution < 1.29 is 153 Å². The highest BCUT2D eigenvalue weighted by molar-refractivity contribution is 5.89. The number of phenols is 5. The first-order chi connectivity index (χ1) is 40.3. The van der Waals surface area contributed by atoms with Crippen LogP contribution in [0.4, 0.5) is 0 Å². The molecule has 32 heteroatoms. The summed E-state index contributed by atoms with van der Waals surface area (Å²) in [4.78, 5) is 27.6. The van der Waals surface area contributed by atoms with Gasteiger partial charge in [0, 0.05) is 23.8 Å². The zero-order chi connectivity index (χ0) is 61.6. The first kappa shape index (κ1) is 63.3. The molecule has 468 valence electrons. The number of esters is 1. The zero-order valence-electron chi connectivity index (χ0n) is 44.5. The lowest BCUT2D eigenvalue weighted by atomic mass is 9.96. The molecule has 5 fully saturated rings. The number of hydrogen-bond donors (Lipinski definition) is 18. The summed E-state index contributed by atoms with van der Waals surface area (Å²) in [7, 11) is 0. The summed E-state index contributed by atoms with van der Waals surface area (Å²) in [5.74, 6) is -7.11. The Hall–Kier alpha value is -6.16. The minimum atomic E-state index is -2.23. The number of fused-ring (bicyclic) bond motifs is 1. The van der Waals surface area contributed by atoms with Crippen molar-refractivity contribution in [3.05, 3.63) is 70.4 Å². The third kappa shape index (κ3) is 13.1. The van der Waals surface area contributed by atoms with Crippen LogP contribution in [-0.4, -0.2) is 265 Å². The third-order valence-electron chi connectivity index (χ3n) is 14.8. The molecular formula is C53H64O32. The number of aliphatic hydroxyl groups excluding tert-OH is 13. The second kappa shape index (κ2) is 26.0. The Morgan fingerprint density at radius 3 is 1.75 bits per heavy atom. The van der Waals surface area contributed by atoms with Crippen molar-refractivity contribution in [2.45, 2.75) is 161 Å². The van der Waals surface area contributed by atoms with E-state index in [0.717, 1.165) is 30.3 Å². The maximum Gasteiger partial charge on any atom is 0.330 e. The summed E-state index contributed by atoms with van der Waals surface area (Å²) in [6.07, 6.45) is -42.6. The molecule has 5 saturated heterocycles. The number of phenolic OH excluding ortho intramolecular Hbond substituents is 5. The van der Waals surface area contributed by atoms with Crippen molar-refractivity contribution >= 4 is 23.0 Å². The third-order valence-corrected chi connectivity index (χ3v) is 14.8. The van der Waals surface area contributed by atoms with Gasteiger partial charge in [-0.2, -0.15) is 0 Å². The van der Waals surface area contributed by atoms with Crippen LogP contribution >= 0.6 is 0 Å². The minimum absolute atomic E-state index is 0.0524. The molecule has 6 heterocycles. The molecular weight excluding hydrogens is 1150 g/mol. The molecule has 18 N–H and O–H groups in total. The topological polar surface area (TPSA) is 513 Å². The molecule has 85 heavy (non-hydrogen) atoms. The largest absolute Gasteiger partial charge is 0.508 e. The average Bonchev–Trinajstić information content (AvgIpc) is 2.62. The van der Waals surface area contributed by atoms with Gasteiger partial charge in [0.05, 0.1) is 25.4 Å². The second-order valence-electron chi connectivity index (χ2n) is 20.7. The van der Waals surface area contributed by atoms with E-state index in [1.807, 2.05) is 0 Å². The van der Waals surface area contributed by atoms with Crippen LogP contribution in [-0.2, 0) is 47.4 Å². The lowest BCUT2D eigenvalue weighted by Gasteiger charge is -2.48. The van der Waals surface area contributed by atoms with Gasteiger partial charge in [0.2, 0.25) is 29.5 Å². The summed E-state index contributed by atoms with van der Waals surface area (Å²) in [5.41, 5.74) is -1.83. The van der Waals surface area contributed by atoms with E-state index in [2.05, 4.69) is 0 Å². The Kier molecular flexibility index (Phi) is 19.4. The van der Waals surface area contributed by atoms with E-state index in [-0.39, 0.29) is 5.75 Å². The zero-order valence-corrected chi connectivity index (χ0v) is 44.5. The lowest BCUT2D eigenvalue weighted by Crippen LogP contribution is -2.67. The molecule has 0 aliphatic carbocycles. The SMILES string of the molecule is CC1O[C@@H](O[C@H]2CO[C@@H](Oc3c(O)cc(-c4oc5cc(O)cc(O)c5c(=O)c4O[C@@H]4OC(C)[C@H](O)[C@H](O)C4O[C@@H]4OC(COC(=O)/C=C/c5ccc(O)cc5)[C@H](O)[C@H](O)C4O[C@@H]4OC(CO)[C@H](O)[C@H](O)C4O)cc3O)C(O)[C@H]2O)C(O)[C@@H](O)[C@H]1O. The number of carbonyl (C=O) groups excluding carboxylic acids is 1. The van der Waals surface area contributed by atoms with Crippen LogP contribution in [0.1, 0.15) is 19.4 Å². The van der Waals surface area contributed by atoms with E-state index in [1.165, 1.54) is 44.2 Å². The van der Waals surface area contributed by atoms with E-state index in [9.17, 15) is 102 Å². The van der Waals surface area contributed by atoms with Gasteiger partial charge in [-0.05, 0) is 49.8 Å². The number of hydrogen-bond acceptors (Lipinski definition) is 32. The summed E-state index contributed by atoms with van der Waals surface area (Å²) >= 11 is 0. The molecule has 0 bridgehead atoms. The predicted octanol–water partition coefficient (Wildman–Crippen LogP) is -5.22. The lowest BCUT2D eigenvalue weighted by molar-refractivity contribution is -0.388. The maximum atomic E-state index is 14.7. The Morgan fingerprint density at radius 2 is 1.09 bits per heavy atom. The van der Waals surface area contributed by atoms with Crippen molar-refractivity contribution in [3.63, 3.8) is 0 Å². The van der Waals surface area contributed by atoms with Gasteiger partial charge in [0.15, 0.2) is 42.2 Å². The van der Waals surface area contributed by atoms with Crippen LogP contribution < -0.4 is 14.9 Å². The summed E-state index contributed by atoms with van der Waals surface area (Å²) < 4.78 is 68.9. The Bertz CT molecular complexity index is 3030. The normalized spacial score (nSPS) is 38.1. The van der Waals surface area contributed by atoms with Gasteiger partial charge in [0.1, 0.15) is 132 Å². The highest BCUT2D eigenvalue weighted by Gasteiger charge is 2.55. The molecule has 4 aromatic rings. The molecule has 0 radical (unpaired) electrons. The van der Waals surface area contributed by atoms with E-state index in [4.69, 9.17) is 56.5 Å². The Balaban J connectivity index is 1.02. The summed E-state index contributed by atoms with van der Waals surface area (Å²) in [6.45, 7) is 0.221. The first-order valence-electron chi connectivity index (χ1n) is 26.3. The highest BCUT2D eigenvalue weighted by atomic mass is 16.8. The first-order valence-corrected chi connectivity index (χ1v) is 26.3. The molecule has 24 atom stereocenters. The van der Waals surface area contributed by atoms with Crippen LogP contribution in [0, 0.1) is 0 Å². The van der Waals surface area contributed by atoms with Crippen LogP contribution in [0.3, 0.4) is 0 Å². The number of ether oxygens (including phenoxy) is 11. The molecule has 0 spiro atoms. The Labute approximate surface area is 478 Å². The van der Waals surface area contributed by atoms with Gasteiger partial charge in [-0.3, -0.25) is 4.79 Å². The number of aromatic hydroxyl groups is 5. The predicted molar refractivity (Wildman–Crippen MR) is 273 cm³/mol. The molecule has 9 rings (SSSR count). The Morgan fingerprint density at radius 1 is 0.553 bits per heavy atom. The number of rotatable bonds is 16. The number of benzene rings is 3. The number of aliphatic hydroxyl groups is 13. The van der Waals surface area contributed by atoms with Gasteiger partial charge in [0.25, 0.3) is 0 Å². The van der Waals surface area contributed by atoms with Crippen LogP contribution in [0.5, 0.6) is 40.2 Å². The van der Waals surface area contributed by atoms with Crippen molar-refractivity contribution in [2.75, 3.05) is 19.8 Å². The molecule has 32 nitrogen and oxygen atoms in total. The van der Waals surface area contributed by atoms with E-state index >= 15 is 0 Å². The van der Waals surface area contributed by atoms with E-state index in [0.29, 0.717) is 5.56 Å². The standard InChI is InChI=1S/C53H64O32/c1-16-31(61)37(67)42(72)50(76-16)80-28-15-75-49(41(71)35(28)65)82-45-23(58)9-19(10-24(45)59)44-46(36(66)30-22(57)11-21(56)12-25(30)78-44)83-52-47(39(69)32(62)17(2)77-52)85-53-48(84-51-43(73)38(68)33(63)26(13-54)79-51)40(70)34(64)27(81-53)14-74-29(60)8-5-18-3-6-20(55)7-4-18/h3-12,16-17,26-28,31-35,37-43,47-59,61-65,67-73H,13-15H2,1-2H3/b8-5+/t16?,17?,26?,27?,28-,31-,32-,33-,34-,35-,37-,38-,39-,40-,41?,42?,43?,47?,48?,49-,50-,51-,52-,53-/m0/s1. The van der Waals surface area contributed by atoms with Gasteiger partial charge in [-0.15, -0.1) is 0 Å². The van der Waals surface area contributed by atoms with Gasteiger partial charge in [-0.25, -0.2) is 4.79 Å². The molecule has 9 unspecified atom stereocenters. The van der Waals surface area contributed by atoms with Gasteiger partial charge < -0.3 is 148 Å². The van der Waals surface area contributed by atoms with E-state index in [1.54, 1.807) is 0 Å².